The van der Waals surface area contributed by atoms with E-state index in [0.717, 1.165) is 16.8 Å². The third-order valence-electron chi connectivity index (χ3n) is 3.98. The van der Waals surface area contributed by atoms with Crippen molar-refractivity contribution in [3.8, 4) is 0 Å². The van der Waals surface area contributed by atoms with Gasteiger partial charge in [-0.05, 0) is 38.1 Å². The molecule has 1 heterocycles. The van der Waals surface area contributed by atoms with Crippen LogP contribution in [0.3, 0.4) is 0 Å². The molecule has 3 rings (SSSR count). The van der Waals surface area contributed by atoms with Crippen LogP contribution in [0, 0.1) is 13.8 Å². The first-order valence-electron chi connectivity index (χ1n) is 8.31. The third-order valence-corrected chi connectivity index (χ3v) is 3.98. The van der Waals surface area contributed by atoms with E-state index in [0.29, 0.717) is 5.56 Å². The lowest BCUT2D eigenvalue weighted by Crippen LogP contribution is -2.46. The second-order valence-electron chi connectivity index (χ2n) is 6.12. The van der Waals surface area contributed by atoms with Crippen molar-refractivity contribution >= 4 is 17.4 Å². The lowest BCUT2D eigenvalue weighted by molar-refractivity contribution is 0.0853. The number of hydrogen-bond donors (Lipinski definition) is 2. The van der Waals surface area contributed by atoms with Crippen molar-refractivity contribution in [3.63, 3.8) is 0 Å². The molecule has 132 valence electrons. The summed E-state index contributed by atoms with van der Waals surface area (Å²) in [7, 11) is 0. The first kappa shape index (κ1) is 17.5. The number of aryl methyl sites for hydroxylation is 2. The van der Waals surface area contributed by atoms with Crippen LogP contribution in [0.5, 0.6) is 0 Å². The van der Waals surface area contributed by atoms with E-state index in [1.54, 1.807) is 24.3 Å². The van der Waals surface area contributed by atoms with Gasteiger partial charge in [-0.25, -0.2) is 0 Å². The molecule has 0 aliphatic carbocycles. The number of anilines is 1. The number of benzene rings is 2. The number of nitrogens with one attached hydrogen (secondary N) is 2. The number of carbonyl (C=O) groups excluding carboxylic acids is 2. The number of ketones is 1. The maximum atomic E-state index is 12.9. The van der Waals surface area contributed by atoms with E-state index in [-0.39, 0.29) is 11.5 Å². The van der Waals surface area contributed by atoms with Gasteiger partial charge >= 0.3 is 0 Å². The average molecular weight is 348 g/mol. The largest absolute Gasteiger partial charge is 0.459 e. The minimum absolute atomic E-state index is 0.150. The minimum atomic E-state index is -0.919. The number of carbonyl (C=O) groups is 2. The summed E-state index contributed by atoms with van der Waals surface area (Å²) in [6.07, 6.45) is 0.497. The number of hydrogen-bond acceptors (Lipinski definition) is 4. The highest BCUT2D eigenvalue weighted by molar-refractivity contribution is 6.04. The smallest absolute Gasteiger partial charge is 0.288 e. The molecule has 2 aromatic carbocycles. The van der Waals surface area contributed by atoms with Crippen LogP contribution in [-0.4, -0.2) is 17.9 Å². The topological polar surface area (TPSA) is 71.3 Å². The summed E-state index contributed by atoms with van der Waals surface area (Å²) in [5.41, 5.74) is 3.42. The Bertz CT molecular complexity index is 882. The van der Waals surface area contributed by atoms with Gasteiger partial charge in [0.2, 0.25) is 5.78 Å². The summed E-state index contributed by atoms with van der Waals surface area (Å²) in [5.74, 6) is -0.539. The van der Waals surface area contributed by atoms with Crippen LogP contribution < -0.4 is 10.6 Å². The molecule has 0 spiro atoms. The summed E-state index contributed by atoms with van der Waals surface area (Å²) >= 11 is 0. The molecule has 0 saturated carbocycles. The Morgan fingerprint density at radius 2 is 1.50 bits per heavy atom. The van der Waals surface area contributed by atoms with Crippen LogP contribution in [0.2, 0.25) is 0 Å². The van der Waals surface area contributed by atoms with Gasteiger partial charge in [-0.15, -0.1) is 0 Å². The summed E-state index contributed by atoms with van der Waals surface area (Å²) < 4.78 is 5.11. The van der Waals surface area contributed by atoms with Gasteiger partial charge in [0, 0.05) is 11.3 Å². The molecule has 1 aromatic heterocycles. The van der Waals surface area contributed by atoms with Gasteiger partial charge in [0.05, 0.1) is 6.26 Å². The van der Waals surface area contributed by atoms with Crippen LogP contribution in [-0.2, 0) is 0 Å². The van der Waals surface area contributed by atoms with Crippen molar-refractivity contribution in [2.45, 2.75) is 20.0 Å². The Hall–Kier alpha value is -3.34. The van der Waals surface area contributed by atoms with Crippen LogP contribution in [0.4, 0.5) is 5.69 Å². The van der Waals surface area contributed by atoms with Gasteiger partial charge in [-0.1, -0.05) is 47.5 Å². The quantitative estimate of drug-likeness (QED) is 0.523. The average Bonchev–Trinajstić information content (AvgIpc) is 3.18. The highest BCUT2D eigenvalue weighted by Gasteiger charge is 2.23. The van der Waals surface area contributed by atoms with E-state index in [4.69, 9.17) is 4.42 Å². The van der Waals surface area contributed by atoms with Gasteiger partial charge in [0.15, 0.2) is 11.9 Å². The van der Waals surface area contributed by atoms with Crippen molar-refractivity contribution < 1.29 is 14.0 Å². The Kier molecular flexibility index (Phi) is 5.17. The van der Waals surface area contributed by atoms with Crippen molar-refractivity contribution in [3.05, 3.63) is 89.4 Å². The standard InChI is InChI=1S/C21H20N2O3/c1-14-5-9-16(10-6-14)19(24)20(22-17-11-7-15(2)8-12-17)23-21(25)18-4-3-13-26-18/h3-13,20,22H,1-2H3,(H,23,25). The molecule has 1 atom stereocenters. The molecule has 0 aliphatic rings. The Morgan fingerprint density at radius 3 is 2.08 bits per heavy atom. The van der Waals surface area contributed by atoms with Gasteiger partial charge in [-0.2, -0.15) is 0 Å². The number of amides is 1. The van der Waals surface area contributed by atoms with Crippen molar-refractivity contribution in [1.29, 1.82) is 0 Å². The molecule has 2 N–H and O–H groups in total. The summed E-state index contributed by atoms with van der Waals surface area (Å²) in [4.78, 5) is 25.3. The monoisotopic (exact) mass is 348 g/mol. The first-order chi connectivity index (χ1) is 12.5. The summed E-state index contributed by atoms with van der Waals surface area (Å²) in [6, 6.07) is 18.0. The first-order valence-corrected chi connectivity index (χ1v) is 8.31. The number of rotatable bonds is 6. The number of Topliss-reactive ketones (excluding diaryl/α,β-unsaturated/α-hetero) is 1. The maximum absolute atomic E-state index is 12.9. The van der Waals surface area contributed by atoms with Gasteiger partial charge < -0.3 is 15.1 Å². The van der Waals surface area contributed by atoms with Crippen LogP contribution in [0.1, 0.15) is 32.0 Å². The number of furan rings is 1. The zero-order valence-electron chi connectivity index (χ0n) is 14.7. The van der Waals surface area contributed by atoms with Crippen LogP contribution >= 0.6 is 0 Å². The predicted molar refractivity (Wildman–Crippen MR) is 100 cm³/mol. The van der Waals surface area contributed by atoms with Crippen molar-refractivity contribution in [2.75, 3.05) is 5.32 Å². The SMILES string of the molecule is Cc1ccc(NC(NC(=O)c2ccco2)C(=O)c2ccc(C)cc2)cc1. The molecular weight excluding hydrogens is 328 g/mol. The molecule has 5 heteroatoms. The van der Waals surface area contributed by atoms with Gasteiger partial charge in [0.25, 0.3) is 5.91 Å². The van der Waals surface area contributed by atoms with Crippen LogP contribution in [0.15, 0.2) is 71.3 Å². The van der Waals surface area contributed by atoms with E-state index in [2.05, 4.69) is 10.6 Å². The van der Waals surface area contributed by atoms with Gasteiger partial charge in [0.1, 0.15) is 0 Å². The van der Waals surface area contributed by atoms with E-state index < -0.39 is 12.1 Å². The van der Waals surface area contributed by atoms with Gasteiger partial charge in [-0.3, -0.25) is 9.59 Å². The van der Waals surface area contributed by atoms with Crippen LogP contribution in [0.25, 0.3) is 0 Å². The third kappa shape index (κ3) is 4.19. The zero-order chi connectivity index (χ0) is 18.5. The molecule has 0 saturated heterocycles. The lowest BCUT2D eigenvalue weighted by Gasteiger charge is -2.20. The molecule has 0 fully saturated rings. The molecule has 1 amide bonds. The molecular formula is C21H20N2O3. The van der Waals surface area contributed by atoms with E-state index in [9.17, 15) is 9.59 Å². The second-order valence-corrected chi connectivity index (χ2v) is 6.12. The second kappa shape index (κ2) is 7.70. The Balaban J connectivity index is 1.84. The van der Waals surface area contributed by atoms with Crippen molar-refractivity contribution in [1.82, 2.24) is 5.32 Å². The zero-order valence-corrected chi connectivity index (χ0v) is 14.7. The minimum Gasteiger partial charge on any atom is -0.459 e. The molecule has 0 aliphatic heterocycles. The lowest BCUT2D eigenvalue weighted by atomic mass is 10.1. The van der Waals surface area contributed by atoms with E-state index >= 15 is 0 Å². The Morgan fingerprint density at radius 1 is 0.885 bits per heavy atom. The molecule has 0 radical (unpaired) electrons. The van der Waals surface area contributed by atoms with Crippen molar-refractivity contribution in [2.24, 2.45) is 0 Å². The van der Waals surface area contributed by atoms with E-state index in [1.165, 1.54) is 6.26 Å². The maximum Gasteiger partial charge on any atom is 0.288 e. The fourth-order valence-corrected chi connectivity index (χ4v) is 2.48. The fourth-order valence-electron chi connectivity index (χ4n) is 2.48. The normalized spacial score (nSPS) is 11.6. The molecule has 5 nitrogen and oxygen atoms in total. The highest BCUT2D eigenvalue weighted by Crippen LogP contribution is 2.13. The molecule has 3 aromatic rings. The molecule has 1 unspecified atom stereocenters. The summed E-state index contributed by atoms with van der Waals surface area (Å²) in [6.45, 7) is 3.94. The Labute approximate surface area is 152 Å². The highest BCUT2D eigenvalue weighted by atomic mass is 16.3. The molecule has 26 heavy (non-hydrogen) atoms. The van der Waals surface area contributed by atoms with E-state index in [1.807, 2.05) is 50.2 Å². The fraction of sp³-hybridized carbons (Fsp3) is 0.143. The summed E-state index contributed by atoms with van der Waals surface area (Å²) in [5, 5.41) is 5.79. The molecule has 0 bridgehead atoms. The predicted octanol–water partition coefficient (Wildman–Crippen LogP) is 3.95.